The molecule has 0 amide bonds. The molecule has 0 aromatic heterocycles. The minimum atomic E-state index is -0.677. The van der Waals surface area contributed by atoms with Crippen LogP contribution in [-0.4, -0.2) is 34.8 Å². The van der Waals surface area contributed by atoms with Gasteiger partial charge in [0, 0.05) is 30.9 Å². The van der Waals surface area contributed by atoms with E-state index in [0.29, 0.717) is 30.9 Å². The average Bonchev–Trinajstić information content (AvgIpc) is 2.33. The number of hydrogen-bond acceptors (Lipinski definition) is 5. The molecule has 6 nitrogen and oxygen atoms in total. The fourth-order valence-electron chi connectivity index (χ4n) is 2.27. The molecule has 6 heteroatoms. The van der Waals surface area contributed by atoms with Crippen molar-refractivity contribution in [2.24, 2.45) is 0 Å². The molecule has 0 bridgehead atoms. The molecule has 0 radical (unpaired) electrons. The molecule has 20 heavy (non-hydrogen) atoms. The molecule has 0 unspecified atom stereocenters. The summed E-state index contributed by atoms with van der Waals surface area (Å²) in [6.45, 7) is 6.66. The Labute approximate surface area is 118 Å². The van der Waals surface area contributed by atoms with Crippen molar-refractivity contribution >= 4 is 11.4 Å². The van der Waals surface area contributed by atoms with Crippen LogP contribution in [0.3, 0.4) is 0 Å². The summed E-state index contributed by atoms with van der Waals surface area (Å²) in [4.78, 5) is 12.5. The molecule has 1 aliphatic heterocycles. The third-order valence-electron chi connectivity index (χ3n) is 3.45. The predicted octanol–water partition coefficient (Wildman–Crippen LogP) is 2.34. The number of nitrogens with zero attached hydrogens (tertiary/aromatic N) is 2. The highest BCUT2D eigenvalue weighted by atomic mass is 16.6. The van der Waals surface area contributed by atoms with Gasteiger partial charge in [-0.3, -0.25) is 10.1 Å². The van der Waals surface area contributed by atoms with E-state index in [1.807, 2.05) is 25.7 Å². The van der Waals surface area contributed by atoms with E-state index in [1.54, 1.807) is 6.07 Å². The highest BCUT2D eigenvalue weighted by molar-refractivity contribution is 5.60. The van der Waals surface area contributed by atoms with Crippen molar-refractivity contribution in [3.8, 4) is 5.75 Å². The lowest BCUT2D eigenvalue weighted by atomic mass is 9.91. The molecule has 2 rings (SSSR count). The molecule has 0 aliphatic carbocycles. The predicted molar refractivity (Wildman–Crippen MR) is 76.3 cm³/mol. The standard InChI is InChI=1S/C14H20N2O4/c1-4-14(17)8-15(9-14)11-5-12(16(18)19)7-13(6-11)20-10(2)3/h5-7,10,17H,4,8-9H2,1-3H3. The first-order chi connectivity index (χ1) is 9.33. The number of hydrogen-bond donors (Lipinski definition) is 1. The van der Waals surface area contributed by atoms with Crippen LogP contribution in [-0.2, 0) is 0 Å². The van der Waals surface area contributed by atoms with E-state index in [2.05, 4.69) is 0 Å². The SMILES string of the molecule is CCC1(O)CN(c2cc(OC(C)C)cc([N+](=O)[O-])c2)C1. The first kappa shape index (κ1) is 14.6. The molecule has 0 atom stereocenters. The summed E-state index contributed by atoms with van der Waals surface area (Å²) in [5.74, 6) is 0.483. The van der Waals surface area contributed by atoms with E-state index >= 15 is 0 Å². The first-order valence-electron chi connectivity index (χ1n) is 6.76. The Kier molecular flexibility index (Phi) is 3.85. The van der Waals surface area contributed by atoms with Gasteiger partial charge >= 0.3 is 0 Å². The minimum absolute atomic E-state index is 0.00471. The van der Waals surface area contributed by atoms with Gasteiger partial charge in [-0.25, -0.2) is 0 Å². The van der Waals surface area contributed by atoms with Gasteiger partial charge in [-0.1, -0.05) is 6.92 Å². The summed E-state index contributed by atoms with van der Waals surface area (Å²) < 4.78 is 5.55. The lowest BCUT2D eigenvalue weighted by Crippen LogP contribution is -2.61. The fourth-order valence-corrected chi connectivity index (χ4v) is 2.27. The number of nitro benzene ring substituents is 1. The maximum absolute atomic E-state index is 11.0. The highest BCUT2D eigenvalue weighted by Crippen LogP contribution is 2.35. The largest absolute Gasteiger partial charge is 0.491 e. The zero-order chi connectivity index (χ0) is 14.9. The van der Waals surface area contributed by atoms with Crippen molar-refractivity contribution in [2.45, 2.75) is 38.9 Å². The second-order valence-corrected chi connectivity index (χ2v) is 5.54. The van der Waals surface area contributed by atoms with Crippen LogP contribution in [0.5, 0.6) is 5.75 Å². The van der Waals surface area contributed by atoms with Crippen LogP contribution in [0.4, 0.5) is 11.4 Å². The van der Waals surface area contributed by atoms with Crippen LogP contribution in [0, 0.1) is 10.1 Å². The topological polar surface area (TPSA) is 75.8 Å². The van der Waals surface area contributed by atoms with Gasteiger partial charge in [0.1, 0.15) is 5.75 Å². The number of non-ortho nitro benzene ring substituents is 1. The van der Waals surface area contributed by atoms with Crippen molar-refractivity contribution < 1.29 is 14.8 Å². The highest BCUT2D eigenvalue weighted by Gasteiger charge is 2.40. The van der Waals surface area contributed by atoms with Crippen LogP contribution in [0.25, 0.3) is 0 Å². The van der Waals surface area contributed by atoms with Gasteiger partial charge < -0.3 is 14.7 Å². The fraction of sp³-hybridized carbons (Fsp3) is 0.571. The number of β-amino-alcohol motifs (C(OH)–C–C–N with tert-alkyl or cyclic N) is 1. The van der Waals surface area contributed by atoms with E-state index in [0.717, 1.165) is 0 Å². The van der Waals surface area contributed by atoms with Crippen molar-refractivity contribution in [1.29, 1.82) is 0 Å². The third-order valence-corrected chi connectivity index (χ3v) is 3.45. The molecular formula is C14H20N2O4. The van der Waals surface area contributed by atoms with E-state index < -0.39 is 10.5 Å². The van der Waals surface area contributed by atoms with Gasteiger partial charge in [0.2, 0.25) is 0 Å². The number of nitro groups is 1. The van der Waals surface area contributed by atoms with Crippen molar-refractivity contribution in [2.75, 3.05) is 18.0 Å². The molecule has 110 valence electrons. The number of rotatable bonds is 5. The van der Waals surface area contributed by atoms with Gasteiger partial charge in [-0.2, -0.15) is 0 Å². The molecule has 1 N–H and O–H groups in total. The van der Waals surface area contributed by atoms with Gasteiger partial charge in [0.25, 0.3) is 5.69 Å². The summed E-state index contributed by atoms with van der Waals surface area (Å²) in [6, 6.07) is 4.72. The zero-order valence-corrected chi connectivity index (χ0v) is 12.0. The van der Waals surface area contributed by atoms with E-state index in [1.165, 1.54) is 12.1 Å². The van der Waals surface area contributed by atoms with Gasteiger partial charge in [-0.05, 0) is 20.3 Å². The van der Waals surface area contributed by atoms with Crippen LogP contribution in [0.15, 0.2) is 18.2 Å². The van der Waals surface area contributed by atoms with Crippen molar-refractivity contribution in [1.82, 2.24) is 0 Å². The second kappa shape index (κ2) is 5.28. The summed E-state index contributed by atoms with van der Waals surface area (Å²) in [7, 11) is 0. The molecule has 1 aliphatic rings. The Bertz CT molecular complexity index is 510. The first-order valence-corrected chi connectivity index (χ1v) is 6.76. The zero-order valence-electron chi connectivity index (χ0n) is 12.0. The quantitative estimate of drug-likeness (QED) is 0.662. The summed E-state index contributed by atoms with van der Waals surface area (Å²) in [6.07, 6.45) is 0.627. The van der Waals surface area contributed by atoms with E-state index in [-0.39, 0.29) is 11.8 Å². The second-order valence-electron chi connectivity index (χ2n) is 5.54. The van der Waals surface area contributed by atoms with Crippen molar-refractivity contribution in [3.63, 3.8) is 0 Å². The summed E-state index contributed by atoms with van der Waals surface area (Å²) in [5.41, 5.74) is 0.0435. The lowest BCUT2D eigenvalue weighted by molar-refractivity contribution is -0.384. The molecule has 0 saturated carbocycles. The minimum Gasteiger partial charge on any atom is -0.491 e. The Morgan fingerprint density at radius 3 is 2.60 bits per heavy atom. The molecule has 1 fully saturated rings. The maximum atomic E-state index is 11.0. The Balaban J connectivity index is 2.24. The normalized spacial score (nSPS) is 16.9. The van der Waals surface area contributed by atoms with Gasteiger partial charge in [-0.15, -0.1) is 0 Å². The number of benzene rings is 1. The molecule has 1 saturated heterocycles. The van der Waals surface area contributed by atoms with Crippen LogP contribution < -0.4 is 9.64 Å². The van der Waals surface area contributed by atoms with Gasteiger partial charge in [0.05, 0.1) is 22.7 Å². The summed E-state index contributed by atoms with van der Waals surface area (Å²) in [5, 5.41) is 21.0. The third kappa shape index (κ3) is 3.01. The van der Waals surface area contributed by atoms with Gasteiger partial charge in [0.15, 0.2) is 0 Å². The monoisotopic (exact) mass is 280 g/mol. The molecule has 0 spiro atoms. The Morgan fingerprint density at radius 1 is 1.45 bits per heavy atom. The number of aliphatic hydroxyl groups is 1. The molecule has 1 heterocycles. The van der Waals surface area contributed by atoms with E-state index in [9.17, 15) is 15.2 Å². The smallest absolute Gasteiger partial charge is 0.275 e. The summed E-state index contributed by atoms with van der Waals surface area (Å²) >= 11 is 0. The van der Waals surface area contributed by atoms with E-state index in [4.69, 9.17) is 4.74 Å². The van der Waals surface area contributed by atoms with Crippen LogP contribution in [0.1, 0.15) is 27.2 Å². The number of anilines is 1. The maximum Gasteiger partial charge on any atom is 0.275 e. The Morgan fingerprint density at radius 2 is 2.10 bits per heavy atom. The Hall–Kier alpha value is -1.82. The molecule has 1 aromatic carbocycles. The number of ether oxygens (including phenoxy) is 1. The average molecular weight is 280 g/mol. The van der Waals surface area contributed by atoms with Crippen LogP contribution in [0.2, 0.25) is 0 Å². The lowest BCUT2D eigenvalue weighted by Gasteiger charge is -2.47. The van der Waals surface area contributed by atoms with Crippen molar-refractivity contribution in [3.05, 3.63) is 28.3 Å². The molecular weight excluding hydrogens is 260 g/mol. The molecule has 1 aromatic rings. The van der Waals surface area contributed by atoms with Crippen LogP contribution >= 0.6 is 0 Å².